The maximum atomic E-state index is 12.2. The quantitative estimate of drug-likeness (QED) is 0.779. The van der Waals surface area contributed by atoms with Crippen molar-refractivity contribution in [2.45, 2.75) is 38.2 Å². The van der Waals surface area contributed by atoms with Crippen molar-refractivity contribution < 1.29 is 13.2 Å². The number of hydrogen-bond acceptors (Lipinski definition) is 4. The second-order valence-corrected chi connectivity index (χ2v) is 6.79. The molecular weight excluding hydrogens is 264 g/mol. The summed E-state index contributed by atoms with van der Waals surface area (Å²) in [5.74, 6) is 0. The third-order valence-corrected chi connectivity index (χ3v) is 4.15. The van der Waals surface area contributed by atoms with Gasteiger partial charge in [-0.05, 0) is 45.4 Å². The summed E-state index contributed by atoms with van der Waals surface area (Å²) in [5.41, 5.74) is 6.37. The molecule has 3 N–H and O–H groups in total. The van der Waals surface area contributed by atoms with E-state index in [0.717, 1.165) is 5.56 Å². The van der Waals surface area contributed by atoms with Gasteiger partial charge >= 0.3 is 0 Å². The average Bonchev–Trinajstić information content (AvgIpc) is 2.26. The standard InChI is InChI=1S/C13H22N2O3S/c1-5-18-13(3,4)9-15-19(16,17)12-7-6-10(2)8-11(12)14/h6-8,15H,5,9,14H2,1-4H3. The number of anilines is 1. The zero-order valence-electron chi connectivity index (χ0n) is 11.9. The molecule has 0 aliphatic heterocycles. The summed E-state index contributed by atoms with van der Waals surface area (Å²) in [6.07, 6.45) is 0. The first kappa shape index (κ1) is 15.9. The summed E-state index contributed by atoms with van der Waals surface area (Å²) in [4.78, 5) is 0.102. The normalized spacial score (nSPS) is 12.6. The number of sulfonamides is 1. The third-order valence-electron chi connectivity index (χ3n) is 2.68. The molecule has 19 heavy (non-hydrogen) atoms. The van der Waals surface area contributed by atoms with Crippen LogP contribution in [0.5, 0.6) is 0 Å². The SMILES string of the molecule is CCOC(C)(C)CNS(=O)(=O)c1ccc(C)cc1N. The van der Waals surface area contributed by atoms with Crippen LogP contribution in [0.15, 0.2) is 23.1 Å². The zero-order chi connectivity index (χ0) is 14.7. The van der Waals surface area contributed by atoms with Crippen LogP contribution in [0.3, 0.4) is 0 Å². The minimum Gasteiger partial charge on any atom is -0.398 e. The molecule has 0 saturated carbocycles. The maximum Gasteiger partial charge on any atom is 0.242 e. The fourth-order valence-electron chi connectivity index (χ4n) is 1.70. The van der Waals surface area contributed by atoms with Gasteiger partial charge in [0.05, 0.1) is 11.3 Å². The molecular formula is C13H22N2O3S. The van der Waals surface area contributed by atoms with Crippen LogP contribution in [0.4, 0.5) is 5.69 Å². The molecule has 6 heteroatoms. The van der Waals surface area contributed by atoms with E-state index >= 15 is 0 Å². The van der Waals surface area contributed by atoms with Crippen LogP contribution in [0.25, 0.3) is 0 Å². The Kier molecular flexibility index (Phi) is 4.95. The summed E-state index contributed by atoms with van der Waals surface area (Å²) in [7, 11) is -3.61. The number of aryl methyl sites for hydroxylation is 1. The van der Waals surface area contributed by atoms with Gasteiger partial charge in [-0.1, -0.05) is 6.07 Å². The highest BCUT2D eigenvalue weighted by atomic mass is 32.2. The predicted molar refractivity (Wildman–Crippen MR) is 76.5 cm³/mol. The Bertz CT molecular complexity index is 539. The Labute approximate surface area is 115 Å². The topological polar surface area (TPSA) is 81.4 Å². The lowest BCUT2D eigenvalue weighted by Gasteiger charge is -2.25. The Morgan fingerprint density at radius 3 is 2.53 bits per heavy atom. The van der Waals surface area contributed by atoms with Gasteiger partial charge in [0.15, 0.2) is 0 Å². The van der Waals surface area contributed by atoms with Crippen LogP contribution >= 0.6 is 0 Å². The van der Waals surface area contributed by atoms with Crippen LogP contribution in [0.1, 0.15) is 26.3 Å². The van der Waals surface area contributed by atoms with Gasteiger partial charge in [0.1, 0.15) is 4.90 Å². The molecule has 0 fully saturated rings. The first-order valence-corrected chi connectivity index (χ1v) is 7.66. The van der Waals surface area contributed by atoms with Crippen LogP contribution in [-0.2, 0) is 14.8 Å². The molecule has 1 aromatic rings. The summed E-state index contributed by atoms with van der Waals surface area (Å²) >= 11 is 0. The summed E-state index contributed by atoms with van der Waals surface area (Å²) in [6, 6.07) is 4.88. The van der Waals surface area contributed by atoms with Crippen molar-refractivity contribution in [2.75, 3.05) is 18.9 Å². The molecule has 0 spiro atoms. The van der Waals surface area contributed by atoms with E-state index in [0.29, 0.717) is 6.61 Å². The number of benzene rings is 1. The van der Waals surface area contributed by atoms with Gasteiger partial charge in [-0.25, -0.2) is 13.1 Å². The van der Waals surface area contributed by atoms with Crippen LogP contribution in [-0.4, -0.2) is 27.2 Å². The number of nitrogens with one attached hydrogen (secondary N) is 1. The number of ether oxygens (including phenoxy) is 1. The number of hydrogen-bond donors (Lipinski definition) is 2. The Morgan fingerprint density at radius 1 is 1.37 bits per heavy atom. The monoisotopic (exact) mass is 286 g/mol. The maximum absolute atomic E-state index is 12.2. The molecule has 108 valence electrons. The van der Waals surface area contributed by atoms with E-state index < -0.39 is 15.6 Å². The van der Waals surface area contributed by atoms with Gasteiger partial charge in [0.2, 0.25) is 10.0 Å². The molecule has 0 aromatic heterocycles. The second-order valence-electron chi connectivity index (χ2n) is 5.06. The molecule has 0 bridgehead atoms. The van der Waals surface area contributed by atoms with E-state index in [-0.39, 0.29) is 17.1 Å². The van der Waals surface area contributed by atoms with E-state index in [4.69, 9.17) is 10.5 Å². The minimum atomic E-state index is -3.61. The third kappa shape index (κ3) is 4.49. The summed E-state index contributed by atoms with van der Waals surface area (Å²) < 4.78 is 32.3. The zero-order valence-corrected chi connectivity index (χ0v) is 12.7. The van der Waals surface area contributed by atoms with Crippen LogP contribution < -0.4 is 10.5 Å². The molecule has 0 unspecified atom stereocenters. The Morgan fingerprint density at radius 2 is 2.00 bits per heavy atom. The van der Waals surface area contributed by atoms with Crippen molar-refractivity contribution in [1.29, 1.82) is 0 Å². The first-order chi connectivity index (χ1) is 8.68. The summed E-state index contributed by atoms with van der Waals surface area (Å²) in [5, 5.41) is 0. The van der Waals surface area contributed by atoms with Crippen molar-refractivity contribution in [2.24, 2.45) is 0 Å². The van der Waals surface area contributed by atoms with E-state index in [1.165, 1.54) is 6.07 Å². The van der Waals surface area contributed by atoms with E-state index in [9.17, 15) is 8.42 Å². The molecule has 0 heterocycles. The Balaban J connectivity index is 2.87. The lowest BCUT2D eigenvalue weighted by Crippen LogP contribution is -2.40. The molecule has 0 aliphatic rings. The van der Waals surface area contributed by atoms with Gasteiger partial charge < -0.3 is 10.5 Å². The first-order valence-electron chi connectivity index (χ1n) is 6.18. The fraction of sp³-hybridized carbons (Fsp3) is 0.538. The van der Waals surface area contributed by atoms with Crippen LogP contribution in [0.2, 0.25) is 0 Å². The Hall–Kier alpha value is -1.11. The second kappa shape index (κ2) is 5.90. The van der Waals surface area contributed by atoms with Crippen molar-refractivity contribution >= 4 is 15.7 Å². The molecule has 0 amide bonds. The number of nitrogens with two attached hydrogens (primary N) is 1. The van der Waals surface area contributed by atoms with Crippen molar-refractivity contribution in [3.8, 4) is 0 Å². The average molecular weight is 286 g/mol. The predicted octanol–water partition coefficient (Wildman–Crippen LogP) is 1.67. The highest BCUT2D eigenvalue weighted by molar-refractivity contribution is 7.89. The van der Waals surface area contributed by atoms with Gasteiger partial charge in [-0.15, -0.1) is 0 Å². The van der Waals surface area contributed by atoms with Gasteiger partial charge in [-0.2, -0.15) is 0 Å². The number of rotatable bonds is 6. The number of nitrogen functional groups attached to an aromatic ring is 1. The molecule has 0 atom stereocenters. The minimum absolute atomic E-state index is 0.102. The summed E-state index contributed by atoms with van der Waals surface area (Å²) in [6.45, 7) is 8.11. The van der Waals surface area contributed by atoms with E-state index in [1.807, 2.05) is 27.7 Å². The van der Waals surface area contributed by atoms with Crippen molar-refractivity contribution in [3.63, 3.8) is 0 Å². The highest BCUT2D eigenvalue weighted by Crippen LogP contribution is 2.20. The van der Waals surface area contributed by atoms with Gasteiger partial charge in [0.25, 0.3) is 0 Å². The van der Waals surface area contributed by atoms with Crippen LogP contribution in [0, 0.1) is 6.92 Å². The van der Waals surface area contributed by atoms with Crippen molar-refractivity contribution in [3.05, 3.63) is 23.8 Å². The smallest absolute Gasteiger partial charge is 0.242 e. The van der Waals surface area contributed by atoms with Crippen molar-refractivity contribution in [1.82, 2.24) is 4.72 Å². The highest BCUT2D eigenvalue weighted by Gasteiger charge is 2.23. The van der Waals surface area contributed by atoms with E-state index in [2.05, 4.69) is 4.72 Å². The molecule has 1 rings (SSSR count). The lowest BCUT2D eigenvalue weighted by molar-refractivity contribution is -0.00514. The van der Waals surface area contributed by atoms with Gasteiger partial charge in [0, 0.05) is 13.2 Å². The van der Waals surface area contributed by atoms with Gasteiger partial charge in [-0.3, -0.25) is 0 Å². The molecule has 0 radical (unpaired) electrons. The molecule has 0 aliphatic carbocycles. The molecule has 5 nitrogen and oxygen atoms in total. The van der Waals surface area contributed by atoms with E-state index in [1.54, 1.807) is 12.1 Å². The fourth-order valence-corrected chi connectivity index (χ4v) is 3.01. The largest absolute Gasteiger partial charge is 0.398 e. The molecule has 0 saturated heterocycles. The lowest BCUT2D eigenvalue weighted by atomic mass is 10.1. The molecule has 1 aromatic carbocycles.